The normalized spacial score (nSPS) is 23.3. The number of para-hydroxylation sites is 1. The summed E-state index contributed by atoms with van der Waals surface area (Å²) in [5.41, 5.74) is 24.9. The van der Waals surface area contributed by atoms with Gasteiger partial charge in [-0.1, -0.05) is 234 Å². The predicted octanol–water partition coefficient (Wildman–Crippen LogP) is 18.6. The van der Waals surface area contributed by atoms with Crippen molar-refractivity contribution in [2.24, 2.45) is 0 Å². The minimum absolute atomic E-state index is 0.00206. The SMILES string of the molecule is CC(C)(C)c1ccc2c(c1)B1c3cccc4c3N(c3cc(N5c6ccc(C(C)(C)C)cc6C6(c7ccccc7)CCCCC56C)cc(c31)N2c1ccc(C(C)(C)C)cc1-c1ccc2ccccc2c1)C1(C)CCCCC41c1ccccc1. The molecule has 9 aromatic carbocycles. The zero-order chi connectivity index (χ0) is 56.5. The van der Waals surface area contributed by atoms with Crippen LogP contribution < -0.4 is 31.1 Å². The standard InChI is InChI=1S/C78H80BN3/c1-72(2,3)56-35-38-65(60(46-56)53-34-33-51-25-18-19-26-52(51)45-53)80-67-40-37-58(74(7,8)9)48-64(67)79-63-32-24-31-61-71(63)82(76(11)42-21-22-43-77(61,76)54-27-14-12-15-28-54)69-50-59(49-68(80)70(69)79)81-66-39-36-57(73(4,5)6)47-62(66)78(55-29-16-13-17-30-55)44-23-20-41-75(78,81)10/h12-19,24-40,45-50H,20-23,41-44H2,1-11H3. The first kappa shape index (κ1) is 51.6. The van der Waals surface area contributed by atoms with Crippen LogP contribution in [0.4, 0.5) is 39.8 Å². The van der Waals surface area contributed by atoms with Gasteiger partial charge in [-0.25, -0.2) is 0 Å². The van der Waals surface area contributed by atoms with Crippen molar-refractivity contribution in [3.05, 3.63) is 227 Å². The van der Waals surface area contributed by atoms with Crippen LogP contribution in [0.3, 0.4) is 0 Å². The average molecular weight is 1070 g/mol. The third kappa shape index (κ3) is 6.96. The first-order chi connectivity index (χ1) is 39.3. The summed E-state index contributed by atoms with van der Waals surface area (Å²) in [6, 6.07) is 75.1. The van der Waals surface area contributed by atoms with E-state index in [1.165, 1.54) is 143 Å². The van der Waals surface area contributed by atoms with Gasteiger partial charge in [0.1, 0.15) is 0 Å². The topological polar surface area (TPSA) is 9.72 Å². The second-order valence-corrected chi connectivity index (χ2v) is 29.1. The summed E-state index contributed by atoms with van der Waals surface area (Å²) in [5, 5.41) is 2.52. The van der Waals surface area contributed by atoms with E-state index >= 15 is 0 Å². The van der Waals surface area contributed by atoms with Crippen molar-refractivity contribution in [3.63, 3.8) is 0 Å². The molecule has 2 aliphatic carbocycles. The van der Waals surface area contributed by atoms with E-state index in [9.17, 15) is 0 Å². The second-order valence-electron chi connectivity index (χ2n) is 29.1. The van der Waals surface area contributed by atoms with Gasteiger partial charge < -0.3 is 14.7 Å². The molecule has 0 radical (unpaired) electrons. The van der Waals surface area contributed by atoms with Crippen LogP contribution in [0.2, 0.25) is 0 Å². The summed E-state index contributed by atoms with van der Waals surface area (Å²) < 4.78 is 0. The summed E-state index contributed by atoms with van der Waals surface area (Å²) in [6.07, 6.45) is 9.21. The molecule has 410 valence electrons. The largest absolute Gasteiger partial charge is 0.335 e. The van der Waals surface area contributed by atoms with Crippen LogP contribution in [0.1, 0.15) is 166 Å². The Balaban J connectivity index is 1.09. The van der Waals surface area contributed by atoms with E-state index in [-0.39, 0.29) is 44.9 Å². The van der Waals surface area contributed by atoms with E-state index < -0.39 is 0 Å². The molecule has 0 N–H and O–H groups in total. The highest BCUT2D eigenvalue weighted by atomic mass is 15.3. The maximum Gasteiger partial charge on any atom is 0.252 e. The lowest BCUT2D eigenvalue weighted by atomic mass is 9.33. The van der Waals surface area contributed by atoms with Gasteiger partial charge >= 0.3 is 0 Å². The number of hydrogen-bond acceptors (Lipinski definition) is 3. The fraction of sp³-hybridized carbons (Fsp3) is 0.333. The molecule has 3 nitrogen and oxygen atoms in total. The lowest BCUT2D eigenvalue weighted by Gasteiger charge is -2.55. The highest BCUT2D eigenvalue weighted by Gasteiger charge is 2.65. The molecule has 9 aromatic rings. The molecule has 0 bridgehead atoms. The van der Waals surface area contributed by atoms with E-state index in [0.717, 1.165) is 25.7 Å². The van der Waals surface area contributed by atoms with Crippen LogP contribution >= 0.6 is 0 Å². The molecule has 6 aliphatic rings. The van der Waals surface area contributed by atoms with Gasteiger partial charge in [-0.2, -0.15) is 0 Å². The van der Waals surface area contributed by atoms with Crippen molar-refractivity contribution in [2.75, 3.05) is 14.7 Å². The molecular weight excluding hydrogens is 990 g/mol. The molecule has 4 unspecified atom stereocenters. The van der Waals surface area contributed by atoms with Crippen molar-refractivity contribution in [3.8, 4) is 11.1 Å². The summed E-state index contributed by atoms with van der Waals surface area (Å²) >= 11 is 0. The number of fused-ring (bicyclic) bond motifs is 11. The number of anilines is 7. The summed E-state index contributed by atoms with van der Waals surface area (Å²) in [5.74, 6) is 0. The Hall–Kier alpha value is -7.30. The van der Waals surface area contributed by atoms with Gasteiger partial charge in [-0.05, 0) is 170 Å². The van der Waals surface area contributed by atoms with Gasteiger partial charge in [-0.3, -0.25) is 0 Å². The number of hydrogen-bond donors (Lipinski definition) is 0. The van der Waals surface area contributed by atoms with Gasteiger partial charge in [0.2, 0.25) is 0 Å². The van der Waals surface area contributed by atoms with E-state index in [0.29, 0.717) is 0 Å². The second kappa shape index (κ2) is 17.6. The van der Waals surface area contributed by atoms with Crippen LogP contribution in [0.25, 0.3) is 21.9 Å². The molecular formula is C78H80BN3. The van der Waals surface area contributed by atoms with Crippen molar-refractivity contribution >= 4 is 73.7 Å². The van der Waals surface area contributed by atoms with Gasteiger partial charge in [0, 0.05) is 50.5 Å². The third-order valence-electron chi connectivity index (χ3n) is 21.7. The Morgan fingerprint density at radius 3 is 1.57 bits per heavy atom. The molecule has 4 atom stereocenters. The molecule has 0 spiro atoms. The molecule has 2 saturated carbocycles. The minimum atomic E-state index is -0.277. The monoisotopic (exact) mass is 1070 g/mol. The Bertz CT molecular complexity index is 4080. The van der Waals surface area contributed by atoms with Crippen LogP contribution in [-0.2, 0) is 27.1 Å². The first-order valence-corrected chi connectivity index (χ1v) is 31.0. The summed E-state index contributed by atoms with van der Waals surface area (Å²) in [7, 11) is 0. The minimum Gasteiger partial charge on any atom is -0.335 e. The average Bonchev–Trinajstić information content (AvgIpc) is 2.01. The molecule has 0 amide bonds. The quantitative estimate of drug-likeness (QED) is 0.159. The third-order valence-corrected chi connectivity index (χ3v) is 21.7. The number of nitrogens with zero attached hydrogens (tertiary/aromatic N) is 3. The molecule has 82 heavy (non-hydrogen) atoms. The van der Waals surface area contributed by atoms with E-state index in [2.05, 4.69) is 279 Å². The molecule has 0 aromatic heterocycles. The Morgan fingerprint density at radius 1 is 0.390 bits per heavy atom. The maximum absolute atomic E-state index is 2.97. The fourth-order valence-corrected chi connectivity index (χ4v) is 17.6. The predicted molar refractivity (Wildman–Crippen MR) is 350 cm³/mol. The van der Waals surface area contributed by atoms with Gasteiger partial charge in [0.05, 0.1) is 16.8 Å². The van der Waals surface area contributed by atoms with Gasteiger partial charge in [-0.15, -0.1) is 0 Å². The fourth-order valence-electron chi connectivity index (χ4n) is 17.6. The molecule has 4 aliphatic heterocycles. The zero-order valence-electron chi connectivity index (χ0n) is 50.5. The number of benzene rings is 9. The molecule has 0 saturated heterocycles. The maximum atomic E-state index is 2.97. The lowest BCUT2D eigenvalue weighted by Crippen LogP contribution is -2.65. The molecule has 4 heteroatoms. The summed E-state index contributed by atoms with van der Waals surface area (Å²) in [6.45, 7) is 26.8. The summed E-state index contributed by atoms with van der Waals surface area (Å²) in [4.78, 5) is 8.63. The van der Waals surface area contributed by atoms with E-state index in [4.69, 9.17) is 0 Å². The zero-order valence-corrected chi connectivity index (χ0v) is 50.5. The Kier molecular flexibility index (Phi) is 11.1. The molecule has 4 heterocycles. The van der Waals surface area contributed by atoms with Crippen LogP contribution in [-0.4, -0.2) is 17.8 Å². The highest BCUT2D eigenvalue weighted by molar-refractivity contribution is 7.00. The van der Waals surface area contributed by atoms with Gasteiger partial charge in [0.25, 0.3) is 6.71 Å². The van der Waals surface area contributed by atoms with Crippen molar-refractivity contribution in [2.45, 2.75) is 166 Å². The number of rotatable bonds is 5. The van der Waals surface area contributed by atoms with Crippen molar-refractivity contribution < 1.29 is 0 Å². The Labute approximate surface area is 489 Å². The lowest BCUT2D eigenvalue weighted by molar-refractivity contribution is 0.214. The van der Waals surface area contributed by atoms with Crippen LogP contribution in [0.15, 0.2) is 188 Å². The van der Waals surface area contributed by atoms with Crippen molar-refractivity contribution in [1.82, 2.24) is 0 Å². The van der Waals surface area contributed by atoms with E-state index in [1.807, 2.05) is 0 Å². The molecule has 2 fully saturated rings. The Morgan fingerprint density at radius 2 is 0.927 bits per heavy atom. The van der Waals surface area contributed by atoms with Crippen LogP contribution in [0, 0.1) is 0 Å². The van der Waals surface area contributed by atoms with Gasteiger partial charge in [0.15, 0.2) is 0 Å². The first-order valence-electron chi connectivity index (χ1n) is 31.0. The smallest absolute Gasteiger partial charge is 0.252 e. The van der Waals surface area contributed by atoms with Crippen LogP contribution in [0.5, 0.6) is 0 Å². The molecule has 15 rings (SSSR count). The van der Waals surface area contributed by atoms with Crippen molar-refractivity contribution in [1.29, 1.82) is 0 Å². The van der Waals surface area contributed by atoms with E-state index in [1.54, 1.807) is 0 Å². The highest BCUT2D eigenvalue weighted by Crippen LogP contribution is 2.67.